The maximum atomic E-state index is 9.68. The quantitative estimate of drug-likeness (QED) is 0.443. The molecule has 172 valence electrons. The summed E-state index contributed by atoms with van der Waals surface area (Å²) in [5.41, 5.74) is 2.42. The highest BCUT2D eigenvalue weighted by atomic mass is 28.2. The van der Waals surface area contributed by atoms with Crippen molar-refractivity contribution >= 4 is 14.7 Å². The summed E-state index contributed by atoms with van der Waals surface area (Å²) in [5.74, 6) is 7.62. The molecular weight excluding hydrogens is 410 g/mol. The molecule has 0 atom stereocenters. The Kier molecular flexibility index (Phi) is 9.18. The third-order valence-corrected chi connectivity index (χ3v) is 7.27. The Morgan fingerprint density at radius 1 is 1.09 bits per heavy atom. The zero-order valence-electron chi connectivity index (χ0n) is 20.8. The lowest BCUT2D eigenvalue weighted by molar-refractivity contribution is 0.195. The number of hydrogen-bond donors (Lipinski definition) is 1. The van der Waals surface area contributed by atoms with Gasteiger partial charge in [-0.25, -0.2) is 0 Å². The minimum atomic E-state index is -0.703. The lowest BCUT2D eigenvalue weighted by Gasteiger charge is -2.27. The van der Waals surface area contributed by atoms with Crippen molar-refractivity contribution in [3.63, 3.8) is 0 Å². The van der Waals surface area contributed by atoms with Gasteiger partial charge in [-0.15, -0.1) is 0 Å². The second-order valence-corrected chi connectivity index (χ2v) is 12.9. The Hall–Kier alpha value is -2.48. The minimum absolute atomic E-state index is 0.0346. The molecule has 0 aromatic heterocycles. The van der Waals surface area contributed by atoms with Crippen LogP contribution < -0.4 is 9.92 Å². The van der Waals surface area contributed by atoms with Gasteiger partial charge in [0.25, 0.3) is 0 Å². The summed E-state index contributed by atoms with van der Waals surface area (Å²) < 4.78 is 6.44. The highest BCUT2D eigenvalue weighted by Gasteiger charge is 2.22. The first-order valence-electron chi connectivity index (χ1n) is 11.4. The van der Waals surface area contributed by atoms with Crippen molar-refractivity contribution in [1.82, 2.24) is 4.90 Å². The van der Waals surface area contributed by atoms with E-state index in [9.17, 15) is 5.11 Å². The lowest BCUT2D eigenvalue weighted by atomic mass is 9.98. The first kappa shape index (κ1) is 25.8. The number of rotatable bonds is 9. The number of aryl methyl sites for hydroxylation is 1. The van der Waals surface area contributed by atoms with Crippen molar-refractivity contribution in [3.05, 3.63) is 65.7 Å². The van der Waals surface area contributed by atoms with E-state index in [4.69, 9.17) is 4.74 Å². The number of aromatic hydroxyl groups is 1. The summed E-state index contributed by atoms with van der Waals surface area (Å²) in [7, 11) is -0.703. The highest BCUT2D eigenvalue weighted by molar-refractivity contribution is 6.57. The Bertz CT molecular complexity index is 977. The van der Waals surface area contributed by atoms with Crippen molar-refractivity contribution < 1.29 is 9.84 Å². The van der Waals surface area contributed by atoms with Crippen LogP contribution in [0.5, 0.6) is 11.5 Å². The van der Waals surface area contributed by atoms with Crippen LogP contribution in [0.15, 0.2) is 54.6 Å². The van der Waals surface area contributed by atoms with Crippen molar-refractivity contribution in [2.75, 3.05) is 13.1 Å². The van der Waals surface area contributed by atoms with Gasteiger partial charge < -0.3 is 9.84 Å². The van der Waals surface area contributed by atoms with Gasteiger partial charge in [-0.2, -0.15) is 0 Å². The largest absolute Gasteiger partial charge is 0.508 e. The number of likely N-dealkylation sites (N-methyl/N-ethyl adjacent to an activating group) is 1. The molecule has 0 aliphatic carbocycles. The van der Waals surface area contributed by atoms with Gasteiger partial charge >= 0.3 is 0 Å². The summed E-state index contributed by atoms with van der Waals surface area (Å²) in [4.78, 5) is 2.38. The van der Waals surface area contributed by atoms with Gasteiger partial charge in [-0.3, -0.25) is 4.90 Å². The molecule has 32 heavy (non-hydrogen) atoms. The summed E-state index contributed by atoms with van der Waals surface area (Å²) in [5, 5.41) is 10.8. The van der Waals surface area contributed by atoms with Crippen LogP contribution in [0.3, 0.4) is 0 Å². The number of nitrogens with zero attached hydrogens (tertiary/aromatic N) is 1. The van der Waals surface area contributed by atoms with Gasteiger partial charge in [0, 0.05) is 18.5 Å². The van der Waals surface area contributed by atoms with Crippen LogP contribution in [-0.4, -0.2) is 37.8 Å². The molecule has 0 unspecified atom stereocenters. The molecule has 0 saturated heterocycles. The van der Waals surface area contributed by atoms with Gasteiger partial charge in [-0.1, -0.05) is 48.2 Å². The molecule has 0 saturated carbocycles. The van der Waals surface area contributed by atoms with E-state index in [2.05, 4.69) is 89.5 Å². The standard InChI is InChI=1S/C28H39NO2Si/c1-8-29(18-11-9-10-17-27(3,4)5)21-23-13-12-14-25(20-23)31-28(6,7)32-26-16-15-24(30)19-22(26)2/h9,11-16,19-20,30H,8,18,21,32H2,1-7H3/b11-9+. The average molecular weight is 450 g/mol. The topological polar surface area (TPSA) is 32.7 Å². The summed E-state index contributed by atoms with van der Waals surface area (Å²) in [6.07, 6.45) is 4.10. The average Bonchev–Trinajstić information content (AvgIpc) is 2.68. The van der Waals surface area contributed by atoms with E-state index >= 15 is 0 Å². The molecule has 0 radical (unpaired) electrons. The van der Waals surface area contributed by atoms with Crippen molar-refractivity contribution in [1.29, 1.82) is 0 Å². The summed E-state index contributed by atoms with van der Waals surface area (Å²) in [6.45, 7) is 17.7. The highest BCUT2D eigenvalue weighted by Crippen LogP contribution is 2.21. The maximum absolute atomic E-state index is 9.68. The van der Waals surface area contributed by atoms with Crippen LogP contribution >= 0.6 is 0 Å². The van der Waals surface area contributed by atoms with E-state index in [1.54, 1.807) is 6.07 Å². The zero-order valence-corrected chi connectivity index (χ0v) is 22.2. The Morgan fingerprint density at radius 3 is 2.50 bits per heavy atom. The first-order valence-corrected chi connectivity index (χ1v) is 12.9. The number of allylic oxidation sites excluding steroid dienone is 1. The fraction of sp³-hybridized carbons (Fsp3) is 0.429. The Labute approximate surface area is 197 Å². The van der Waals surface area contributed by atoms with E-state index in [0.29, 0.717) is 5.75 Å². The molecular formula is C28H39NO2Si. The molecule has 3 nitrogen and oxygen atoms in total. The number of ether oxygens (including phenoxy) is 1. The van der Waals surface area contributed by atoms with Crippen molar-refractivity contribution in [2.24, 2.45) is 5.41 Å². The number of hydrogen-bond acceptors (Lipinski definition) is 3. The van der Waals surface area contributed by atoms with Crippen LogP contribution in [0.25, 0.3) is 0 Å². The second-order valence-electron chi connectivity index (χ2n) is 10.0. The minimum Gasteiger partial charge on any atom is -0.508 e. The maximum Gasteiger partial charge on any atom is 0.119 e. The summed E-state index contributed by atoms with van der Waals surface area (Å²) >= 11 is 0. The van der Waals surface area contributed by atoms with Gasteiger partial charge in [0.2, 0.25) is 0 Å². The first-order chi connectivity index (χ1) is 15.0. The van der Waals surface area contributed by atoms with Crippen LogP contribution in [0.4, 0.5) is 0 Å². The molecule has 0 amide bonds. The van der Waals surface area contributed by atoms with Crippen LogP contribution in [0.2, 0.25) is 0 Å². The lowest BCUT2D eigenvalue weighted by Crippen LogP contribution is -2.43. The molecule has 0 bridgehead atoms. The van der Waals surface area contributed by atoms with Gasteiger partial charge in [0.15, 0.2) is 0 Å². The van der Waals surface area contributed by atoms with Gasteiger partial charge in [0.05, 0.1) is 5.22 Å². The predicted molar refractivity (Wildman–Crippen MR) is 139 cm³/mol. The molecule has 0 spiro atoms. The zero-order chi connectivity index (χ0) is 23.8. The van der Waals surface area contributed by atoms with Crippen molar-refractivity contribution in [2.45, 2.75) is 60.2 Å². The molecule has 2 rings (SSSR count). The molecule has 0 aliphatic heterocycles. The number of phenolic OH excluding ortho intramolecular Hbond substituents is 1. The molecule has 2 aromatic carbocycles. The smallest absolute Gasteiger partial charge is 0.119 e. The molecule has 0 aliphatic rings. The predicted octanol–water partition coefficient (Wildman–Crippen LogP) is 4.74. The Balaban J connectivity index is 2.00. The molecule has 2 aromatic rings. The molecule has 4 heteroatoms. The van der Waals surface area contributed by atoms with E-state index in [1.807, 2.05) is 24.3 Å². The van der Waals surface area contributed by atoms with Crippen LogP contribution in [0.1, 0.15) is 52.7 Å². The molecule has 0 fully saturated rings. The van der Waals surface area contributed by atoms with Gasteiger partial charge in [-0.05, 0) is 89.6 Å². The third-order valence-electron chi connectivity index (χ3n) is 5.10. The fourth-order valence-electron chi connectivity index (χ4n) is 3.48. The van der Waals surface area contributed by atoms with Crippen molar-refractivity contribution in [3.8, 4) is 23.3 Å². The third kappa shape index (κ3) is 9.34. The van der Waals surface area contributed by atoms with Crippen LogP contribution in [0, 0.1) is 24.2 Å². The Morgan fingerprint density at radius 2 is 1.84 bits per heavy atom. The van der Waals surface area contributed by atoms with E-state index in [-0.39, 0.29) is 10.6 Å². The van der Waals surface area contributed by atoms with E-state index in [1.165, 1.54) is 10.8 Å². The normalized spacial score (nSPS) is 12.5. The van der Waals surface area contributed by atoms with E-state index < -0.39 is 9.52 Å². The fourth-order valence-corrected chi connectivity index (χ4v) is 5.25. The SMILES string of the molecule is CCN(C/C=C/C#CC(C)(C)C)Cc1cccc(OC(C)(C)[SiH2]c2ccc(O)cc2C)c1. The number of phenols is 1. The van der Waals surface area contributed by atoms with Gasteiger partial charge in [0.1, 0.15) is 21.0 Å². The number of benzene rings is 2. The molecule has 0 heterocycles. The van der Waals surface area contributed by atoms with E-state index in [0.717, 1.165) is 30.9 Å². The molecule has 1 N–H and O–H groups in total. The van der Waals surface area contributed by atoms with Crippen LogP contribution in [-0.2, 0) is 6.54 Å². The summed E-state index contributed by atoms with van der Waals surface area (Å²) in [6, 6.07) is 14.1. The monoisotopic (exact) mass is 449 g/mol. The second kappa shape index (κ2) is 11.4.